The Balaban J connectivity index is 1.41. The summed E-state index contributed by atoms with van der Waals surface area (Å²) in [5.74, 6) is 1.96. The van der Waals surface area contributed by atoms with Gasteiger partial charge in [-0.2, -0.15) is 9.78 Å². The molecule has 10 heteroatoms. The quantitative estimate of drug-likeness (QED) is 0.116. The van der Waals surface area contributed by atoms with Gasteiger partial charge in [-0.15, -0.1) is 0 Å². The summed E-state index contributed by atoms with van der Waals surface area (Å²) in [5, 5.41) is 5.75. The van der Waals surface area contributed by atoms with Gasteiger partial charge in [0.1, 0.15) is 23.8 Å². The molecule has 0 fully saturated rings. The first-order chi connectivity index (χ1) is 20.9. The third-order valence-electron chi connectivity index (χ3n) is 6.64. The molecular formula is C33H25FIN3O5. The molecule has 2 aromatic heterocycles. The normalized spacial score (nSPS) is 11.4. The lowest BCUT2D eigenvalue weighted by molar-refractivity contribution is 0.267. The Morgan fingerprint density at radius 2 is 1.81 bits per heavy atom. The molecular weight excluding hydrogens is 664 g/mol. The summed E-state index contributed by atoms with van der Waals surface area (Å²) in [6.07, 6.45) is 1.56. The van der Waals surface area contributed by atoms with Crippen LogP contribution in [0.5, 0.6) is 17.2 Å². The number of hydrogen-bond donors (Lipinski definition) is 0. The van der Waals surface area contributed by atoms with Crippen LogP contribution in [0.25, 0.3) is 33.5 Å². The summed E-state index contributed by atoms with van der Waals surface area (Å²) in [6, 6.07) is 24.3. The molecule has 0 N–H and O–H groups in total. The van der Waals surface area contributed by atoms with E-state index in [0.717, 1.165) is 8.96 Å². The summed E-state index contributed by atoms with van der Waals surface area (Å²) in [7, 11) is 1.59. The van der Waals surface area contributed by atoms with Gasteiger partial charge in [-0.05, 0) is 95.2 Å². The van der Waals surface area contributed by atoms with Crippen molar-refractivity contribution in [2.24, 2.45) is 5.10 Å². The topological polar surface area (TPSA) is 88.1 Å². The summed E-state index contributed by atoms with van der Waals surface area (Å²) < 4.78 is 39.2. The molecule has 6 aromatic rings. The van der Waals surface area contributed by atoms with E-state index in [0.29, 0.717) is 57.2 Å². The highest BCUT2D eigenvalue weighted by molar-refractivity contribution is 14.1. The Morgan fingerprint density at radius 1 is 0.977 bits per heavy atom. The van der Waals surface area contributed by atoms with Gasteiger partial charge >= 0.3 is 0 Å². The van der Waals surface area contributed by atoms with Crippen LogP contribution >= 0.6 is 22.6 Å². The van der Waals surface area contributed by atoms with Gasteiger partial charge in [0.2, 0.25) is 5.82 Å². The molecule has 4 aromatic carbocycles. The van der Waals surface area contributed by atoms with E-state index in [1.807, 2.05) is 37.3 Å². The molecule has 8 nitrogen and oxygen atoms in total. The number of ether oxygens (including phenoxy) is 3. The maximum atomic E-state index is 13.7. The van der Waals surface area contributed by atoms with E-state index in [1.54, 1.807) is 55.8 Å². The molecule has 0 unspecified atom stereocenters. The maximum absolute atomic E-state index is 13.7. The molecule has 0 amide bonds. The Labute approximate surface area is 259 Å². The van der Waals surface area contributed by atoms with E-state index < -0.39 is 0 Å². The van der Waals surface area contributed by atoms with Crippen molar-refractivity contribution in [3.8, 4) is 28.8 Å². The second-order valence-electron chi connectivity index (χ2n) is 9.48. The van der Waals surface area contributed by atoms with Crippen molar-refractivity contribution in [1.82, 2.24) is 9.66 Å². The van der Waals surface area contributed by atoms with Crippen molar-refractivity contribution < 1.29 is 23.0 Å². The van der Waals surface area contributed by atoms with Crippen LogP contribution in [-0.4, -0.2) is 29.6 Å². The fourth-order valence-electron chi connectivity index (χ4n) is 4.68. The first-order valence-corrected chi connectivity index (χ1v) is 14.5. The van der Waals surface area contributed by atoms with Crippen LogP contribution in [0.4, 0.5) is 4.39 Å². The van der Waals surface area contributed by atoms with Gasteiger partial charge in [-0.1, -0.05) is 30.3 Å². The Hall–Kier alpha value is -4.71. The Kier molecular flexibility index (Phi) is 8.10. The lowest BCUT2D eigenvalue weighted by atomic mass is 10.2. The number of furan rings is 1. The van der Waals surface area contributed by atoms with Gasteiger partial charge in [0.15, 0.2) is 17.3 Å². The molecule has 0 atom stereocenters. The minimum atomic E-state index is -0.348. The molecule has 0 saturated heterocycles. The average Bonchev–Trinajstić information content (AvgIpc) is 3.45. The number of rotatable bonds is 9. The SMILES string of the molecule is CCOc1cc(C=Nn2c(-c3cc4c(OC)cccc4o3)nc3ccccc3c2=O)cc(I)c1OCc1cccc(F)c1. The smallest absolute Gasteiger partial charge is 0.282 e. The van der Waals surface area contributed by atoms with E-state index in [1.165, 1.54) is 16.8 Å². The lowest BCUT2D eigenvalue weighted by Crippen LogP contribution is -2.20. The van der Waals surface area contributed by atoms with E-state index >= 15 is 0 Å². The number of aromatic nitrogens is 2. The van der Waals surface area contributed by atoms with Crippen LogP contribution in [0.1, 0.15) is 18.1 Å². The number of benzene rings is 4. The van der Waals surface area contributed by atoms with Crippen LogP contribution in [0.3, 0.4) is 0 Å². The molecule has 0 aliphatic heterocycles. The second-order valence-corrected chi connectivity index (χ2v) is 10.6. The highest BCUT2D eigenvalue weighted by atomic mass is 127. The van der Waals surface area contributed by atoms with Gasteiger partial charge in [-0.25, -0.2) is 9.37 Å². The minimum absolute atomic E-state index is 0.172. The fraction of sp³-hybridized carbons (Fsp3) is 0.121. The van der Waals surface area contributed by atoms with Crippen molar-refractivity contribution in [3.63, 3.8) is 0 Å². The van der Waals surface area contributed by atoms with E-state index in [9.17, 15) is 9.18 Å². The third kappa shape index (κ3) is 5.82. The van der Waals surface area contributed by atoms with Crippen LogP contribution in [-0.2, 0) is 6.61 Å². The van der Waals surface area contributed by atoms with E-state index in [2.05, 4.69) is 27.7 Å². The number of halogens is 2. The molecule has 6 rings (SSSR count). The van der Waals surface area contributed by atoms with Crippen LogP contribution in [0, 0.1) is 9.39 Å². The van der Waals surface area contributed by atoms with E-state index in [4.69, 9.17) is 23.6 Å². The van der Waals surface area contributed by atoms with Crippen molar-refractivity contribution in [3.05, 3.63) is 116 Å². The maximum Gasteiger partial charge on any atom is 0.282 e. The molecule has 0 radical (unpaired) electrons. The fourth-order valence-corrected chi connectivity index (χ4v) is 5.47. The van der Waals surface area contributed by atoms with Crippen molar-refractivity contribution in [1.29, 1.82) is 0 Å². The summed E-state index contributed by atoms with van der Waals surface area (Å²) in [6.45, 7) is 2.45. The van der Waals surface area contributed by atoms with Crippen molar-refractivity contribution >= 4 is 50.7 Å². The van der Waals surface area contributed by atoms with Crippen molar-refractivity contribution in [2.75, 3.05) is 13.7 Å². The first-order valence-electron chi connectivity index (χ1n) is 13.4. The van der Waals surface area contributed by atoms with Gasteiger partial charge < -0.3 is 18.6 Å². The molecule has 0 bridgehead atoms. The van der Waals surface area contributed by atoms with Crippen LogP contribution in [0.15, 0.2) is 99.2 Å². The standard InChI is InChI=1S/C33H25FIN3O5/c1-3-41-29-16-21(15-25(35)31(29)42-19-20-8-6-9-22(34)14-20)18-36-38-32(37-26-11-5-4-10-23(26)33(38)39)30-17-24-27(40-2)12-7-13-28(24)43-30/h4-18H,3,19H2,1-2H3. The summed E-state index contributed by atoms with van der Waals surface area (Å²) >= 11 is 2.16. The van der Waals surface area contributed by atoms with Gasteiger partial charge in [0, 0.05) is 0 Å². The molecule has 2 heterocycles. The van der Waals surface area contributed by atoms with Gasteiger partial charge in [0.25, 0.3) is 5.56 Å². The number of para-hydroxylation sites is 1. The largest absolute Gasteiger partial charge is 0.496 e. The van der Waals surface area contributed by atoms with Crippen LogP contribution < -0.4 is 19.8 Å². The monoisotopic (exact) mass is 689 g/mol. The third-order valence-corrected chi connectivity index (χ3v) is 7.44. The van der Waals surface area contributed by atoms with E-state index in [-0.39, 0.29) is 23.8 Å². The number of nitrogens with zero attached hydrogens (tertiary/aromatic N) is 3. The zero-order valence-electron chi connectivity index (χ0n) is 23.2. The van der Waals surface area contributed by atoms with Gasteiger partial charge in [0.05, 0.1) is 39.8 Å². The second kappa shape index (κ2) is 12.3. The van der Waals surface area contributed by atoms with Crippen LogP contribution in [0.2, 0.25) is 0 Å². The zero-order chi connectivity index (χ0) is 29.9. The highest BCUT2D eigenvalue weighted by Crippen LogP contribution is 2.35. The zero-order valence-corrected chi connectivity index (χ0v) is 25.4. The molecule has 0 aliphatic carbocycles. The molecule has 0 saturated carbocycles. The van der Waals surface area contributed by atoms with Gasteiger partial charge in [-0.3, -0.25) is 4.79 Å². The Morgan fingerprint density at radius 3 is 2.63 bits per heavy atom. The average molecular weight is 689 g/mol. The lowest BCUT2D eigenvalue weighted by Gasteiger charge is -2.15. The molecule has 0 spiro atoms. The number of hydrogen-bond acceptors (Lipinski definition) is 7. The molecule has 0 aliphatic rings. The highest BCUT2D eigenvalue weighted by Gasteiger charge is 2.18. The molecule has 216 valence electrons. The first kappa shape index (κ1) is 28.4. The number of fused-ring (bicyclic) bond motifs is 2. The number of methoxy groups -OCH3 is 1. The summed E-state index contributed by atoms with van der Waals surface area (Å²) in [4.78, 5) is 18.4. The predicted octanol–water partition coefficient (Wildman–Crippen LogP) is 7.42. The summed E-state index contributed by atoms with van der Waals surface area (Å²) in [5.41, 5.74) is 2.14. The predicted molar refractivity (Wildman–Crippen MR) is 172 cm³/mol. The minimum Gasteiger partial charge on any atom is -0.496 e. The Bertz CT molecular complexity index is 2050. The molecule has 43 heavy (non-hydrogen) atoms. The van der Waals surface area contributed by atoms with Crippen molar-refractivity contribution in [2.45, 2.75) is 13.5 Å².